The highest BCUT2D eigenvalue weighted by Crippen LogP contribution is 2.32. The maximum Gasteiger partial charge on any atom is 0.316 e. The van der Waals surface area contributed by atoms with E-state index in [0.29, 0.717) is 18.3 Å². The fourth-order valence-electron chi connectivity index (χ4n) is 3.02. The van der Waals surface area contributed by atoms with Gasteiger partial charge in [-0.15, -0.1) is 0 Å². The Bertz CT molecular complexity index is 810. The van der Waals surface area contributed by atoms with Gasteiger partial charge in [-0.1, -0.05) is 6.07 Å². The van der Waals surface area contributed by atoms with Crippen LogP contribution in [0.5, 0.6) is 17.5 Å². The normalized spacial score (nSPS) is 18.9. The Balaban J connectivity index is 1.36. The third kappa shape index (κ3) is 3.77. The van der Waals surface area contributed by atoms with E-state index in [9.17, 15) is 4.79 Å². The van der Waals surface area contributed by atoms with Crippen molar-refractivity contribution in [1.29, 1.82) is 0 Å². The Morgan fingerprint density at radius 1 is 1.23 bits per heavy atom. The van der Waals surface area contributed by atoms with Crippen LogP contribution in [0, 0.1) is 0 Å². The van der Waals surface area contributed by atoms with Crippen LogP contribution in [-0.2, 0) is 4.79 Å². The van der Waals surface area contributed by atoms with Crippen molar-refractivity contribution in [1.82, 2.24) is 14.9 Å². The lowest BCUT2D eigenvalue weighted by Crippen LogP contribution is -2.43. The van der Waals surface area contributed by atoms with Gasteiger partial charge in [0.05, 0.1) is 6.54 Å². The molecule has 1 atom stereocenters. The Morgan fingerprint density at radius 2 is 2.08 bits per heavy atom. The Morgan fingerprint density at radius 3 is 2.96 bits per heavy atom. The minimum Gasteiger partial charge on any atom is -0.458 e. The van der Waals surface area contributed by atoms with Crippen LogP contribution >= 0.6 is 0 Å². The van der Waals surface area contributed by atoms with Gasteiger partial charge in [0.25, 0.3) is 0 Å². The molecule has 0 aliphatic carbocycles. The lowest BCUT2D eigenvalue weighted by molar-refractivity contribution is -0.128. The summed E-state index contributed by atoms with van der Waals surface area (Å²) >= 11 is 0. The van der Waals surface area contributed by atoms with Crippen molar-refractivity contribution < 1.29 is 19.0 Å². The lowest BCUT2D eigenvalue weighted by atomic mass is 10.1. The molecule has 1 amide bonds. The molecule has 0 radical (unpaired) electrons. The van der Waals surface area contributed by atoms with Crippen LogP contribution in [0.2, 0.25) is 0 Å². The molecule has 0 bridgehead atoms. The van der Waals surface area contributed by atoms with Gasteiger partial charge in [-0.25, -0.2) is 9.97 Å². The van der Waals surface area contributed by atoms with Gasteiger partial charge in [0, 0.05) is 25.0 Å². The molecule has 1 fully saturated rings. The van der Waals surface area contributed by atoms with Crippen molar-refractivity contribution in [3.05, 3.63) is 48.3 Å². The highest BCUT2D eigenvalue weighted by molar-refractivity contribution is 5.92. The van der Waals surface area contributed by atoms with Gasteiger partial charge in [-0.3, -0.25) is 4.79 Å². The molecule has 2 aliphatic rings. The zero-order valence-electron chi connectivity index (χ0n) is 14.2. The first-order valence-corrected chi connectivity index (χ1v) is 8.58. The lowest BCUT2D eigenvalue weighted by Gasteiger charge is -2.31. The van der Waals surface area contributed by atoms with Gasteiger partial charge in [-0.05, 0) is 42.7 Å². The van der Waals surface area contributed by atoms with Crippen LogP contribution in [0.15, 0.2) is 42.7 Å². The van der Waals surface area contributed by atoms with E-state index >= 15 is 0 Å². The van der Waals surface area contributed by atoms with Crippen molar-refractivity contribution in [3.63, 3.8) is 0 Å². The zero-order chi connectivity index (χ0) is 17.8. The first-order chi connectivity index (χ1) is 12.8. The van der Waals surface area contributed by atoms with Gasteiger partial charge in [0.15, 0.2) is 11.5 Å². The second-order valence-electron chi connectivity index (χ2n) is 6.14. The number of hydrogen-bond donors (Lipinski definition) is 0. The van der Waals surface area contributed by atoms with E-state index < -0.39 is 0 Å². The summed E-state index contributed by atoms with van der Waals surface area (Å²) in [5.74, 6) is 1.39. The summed E-state index contributed by atoms with van der Waals surface area (Å²) < 4.78 is 16.4. The molecule has 1 aromatic carbocycles. The number of rotatable bonds is 4. The van der Waals surface area contributed by atoms with Gasteiger partial charge < -0.3 is 19.1 Å². The predicted molar refractivity (Wildman–Crippen MR) is 93.9 cm³/mol. The van der Waals surface area contributed by atoms with Crippen molar-refractivity contribution in [2.75, 3.05) is 19.9 Å². The summed E-state index contributed by atoms with van der Waals surface area (Å²) in [5.41, 5.74) is 0.894. The number of aromatic nitrogens is 2. The largest absolute Gasteiger partial charge is 0.458 e. The predicted octanol–water partition coefficient (Wildman–Crippen LogP) is 2.29. The molecule has 4 rings (SSSR count). The van der Waals surface area contributed by atoms with Gasteiger partial charge >= 0.3 is 6.01 Å². The molecule has 2 aliphatic heterocycles. The van der Waals surface area contributed by atoms with Crippen molar-refractivity contribution >= 4 is 12.0 Å². The number of ether oxygens (including phenoxy) is 3. The standard InChI is InChI=1S/C19H19N3O4/c23-18(7-5-14-4-6-16-17(11-14)25-13-24-16)22-10-1-3-15(12-22)26-19-20-8-2-9-21-19/h2,4-9,11,15H,1,3,10,12-13H2/b7-5+. The highest BCUT2D eigenvalue weighted by atomic mass is 16.7. The number of likely N-dealkylation sites (tertiary alicyclic amines) is 1. The summed E-state index contributed by atoms with van der Waals surface area (Å²) in [6.45, 7) is 1.49. The van der Waals surface area contributed by atoms with Gasteiger partial charge in [0.1, 0.15) is 6.10 Å². The van der Waals surface area contributed by atoms with E-state index in [-0.39, 0.29) is 18.8 Å². The third-order valence-corrected chi connectivity index (χ3v) is 4.32. The van der Waals surface area contributed by atoms with Crippen molar-refractivity contribution in [2.24, 2.45) is 0 Å². The Labute approximate surface area is 151 Å². The average molecular weight is 353 g/mol. The minimum absolute atomic E-state index is 0.0371. The number of hydrogen-bond acceptors (Lipinski definition) is 6. The van der Waals surface area contributed by atoms with Crippen LogP contribution in [0.4, 0.5) is 0 Å². The second kappa shape index (κ2) is 7.43. The topological polar surface area (TPSA) is 73.8 Å². The number of amides is 1. The van der Waals surface area contributed by atoms with Crippen LogP contribution in [-0.4, -0.2) is 46.8 Å². The molecular formula is C19H19N3O4. The minimum atomic E-state index is -0.0888. The van der Waals surface area contributed by atoms with Crippen LogP contribution < -0.4 is 14.2 Å². The van der Waals surface area contributed by atoms with E-state index in [2.05, 4.69) is 9.97 Å². The van der Waals surface area contributed by atoms with Gasteiger partial charge in [0.2, 0.25) is 12.7 Å². The molecule has 7 heteroatoms. The summed E-state index contributed by atoms with van der Waals surface area (Å²) in [5, 5.41) is 0. The molecule has 1 aromatic heterocycles. The molecule has 134 valence electrons. The SMILES string of the molecule is O=C(/C=C/c1ccc2c(c1)OCO2)N1CCCC(Oc2ncccn2)C1. The number of nitrogens with zero attached hydrogens (tertiary/aromatic N) is 3. The zero-order valence-corrected chi connectivity index (χ0v) is 14.2. The highest BCUT2D eigenvalue weighted by Gasteiger charge is 2.24. The number of benzene rings is 1. The number of carbonyl (C=O) groups excluding carboxylic acids is 1. The van der Waals surface area contributed by atoms with E-state index in [0.717, 1.165) is 30.7 Å². The molecular weight excluding hydrogens is 334 g/mol. The first-order valence-electron chi connectivity index (χ1n) is 8.58. The van der Waals surface area contributed by atoms with E-state index in [4.69, 9.17) is 14.2 Å². The number of carbonyl (C=O) groups is 1. The number of piperidine rings is 1. The fraction of sp³-hybridized carbons (Fsp3) is 0.316. The summed E-state index contributed by atoms with van der Waals surface area (Å²) in [6.07, 6.45) is 8.34. The molecule has 0 saturated carbocycles. The molecule has 1 unspecified atom stereocenters. The molecule has 0 N–H and O–H groups in total. The van der Waals surface area contributed by atoms with E-state index in [1.54, 1.807) is 35.5 Å². The van der Waals surface area contributed by atoms with Crippen LogP contribution in [0.3, 0.4) is 0 Å². The molecule has 2 aromatic rings. The van der Waals surface area contributed by atoms with E-state index in [1.165, 1.54) is 0 Å². The van der Waals surface area contributed by atoms with E-state index in [1.807, 2.05) is 18.2 Å². The molecule has 1 saturated heterocycles. The van der Waals surface area contributed by atoms with Crippen molar-refractivity contribution in [2.45, 2.75) is 18.9 Å². The molecule has 0 spiro atoms. The summed E-state index contributed by atoms with van der Waals surface area (Å²) in [6, 6.07) is 7.69. The molecule has 3 heterocycles. The smallest absolute Gasteiger partial charge is 0.316 e. The van der Waals surface area contributed by atoms with Crippen LogP contribution in [0.1, 0.15) is 18.4 Å². The average Bonchev–Trinajstić information content (AvgIpc) is 3.15. The first kappa shape index (κ1) is 16.4. The van der Waals surface area contributed by atoms with Crippen LogP contribution in [0.25, 0.3) is 6.08 Å². The molecule has 7 nitrogen and oxygen atoms in total. The fourth-order valence-corrected chi connectivity index (χ4v) is 3.02. The van der Waals surface area contributed by atoms with Crippen molar-refractivity contribution in [3.8, 4) is 17.5 Å². The second-order valence-corrected chi connectivity index (χ2v) is 6.14. The third-order valence-electron chi connectivity index (χ3n) is 4.32. The quantitative estimate of drug-likeness (QED) is 0.785. The summed E-state index contributed by atoms with van der Waals surface area (Å²) in [7, 11) is 0. The maximum atomic E-state index is 12.5. The Hall–Kier alpha value is -3.09. The van der Waals surface area contributed by atoms with Gasteiger partial charge in [-0.2, -0.15) is 0 Å². The Kier molecular flexibility index (Phi) is 4.68. The molecule has 26 heavy (non-hydrogen) atoms. The summed E-state index contributed by atoms with van der Waals surface area (Å²) in [4.78, 5) is 22.4. The maximum absolute atomic E-state index is 12.5. The monoisotopic (exact) mass is 353 g/mol. The number of fused-ring (bicyclic) bond motifs is 1.